The normalized spacial score (nSPS) is 19.1. The van der Waals surface area contributed by atoms with Gasteiger partial charge in [-0.2, -0.15) is 5.26 Å². The van der Waals surface area contributed by atoms with Crippen LogP contribution >= 0.6 is 0 Å². The molecule has 0 aromatic heterocycles. The summed E-state index contributed by atoms with van der Waals surface area (Å²) < 4.78 is 9.53. The first-order chi connectivity index (χ1) is 10.9. The molecule has 120 valence electrons. The summed E-state index contributed by atoms with van der Waals surface area (Å²) in [5, 5.41) is 9.47. The van der Waals surface area contributed by atoms with E-state index < -0.39 is 23.3 Å². The van der Waals surface area contributed by atoms with Gasteiger partial charge in [-0.3, -0.25) is 9.59 Å². The number of hydrogen-bond donors (Lipinski definition) is 1. The summed E-state index contributed by atoms with van der Waals surface area (Å²) in [6, 6.07) is 9.54. The highest BCUT2D eigenvalue weighted by Crippen LogP contribution is 2.50. The van der Waals surface area contributed by atoms with Gasteiger partial charge in [-0.15, -0.1) is 0 Å². The Balaban J connectivity index is 2.60. The van der Waals surface area contributed by atoms with E-state index in [1.807, 2.05) is 37.3 Å². The second kappa shape index (κ2) is 6.13. The minimum atomic E-state index is -1.77. The predicted molar refractivity (Wildman–Crippen MR) is 81.8 cm³/mol. The minimum Gasteiger partial charge on any atom is -0.468 e. The van der Waals surface area contributed by atoms with E-state index in [4.69, 9.17) is 15.2 Å². The van der Waals surface area contributed by atoms with E-state index in [-0.39, 0.29) is 17.7 Å². The molecule has 0 heterocycles. The number of carbonyl (C=O) groups is 2. The van der Waals surface area contributed by atoms with Gasteiger partial charge in [0, 0.05) is 5.92 Å². The van der Waals surface area contributed by atoms with Crippen LogP contribution in [0.5, 0.6) is 0 Å². The Bertz CT molecular complexity index is 697. The fourth-order valence-corrected chi connectivity index (χ4v) is 2.98. The highest BCUT2D eigenvalue weighted by Gasteiger charge is 2.58. The second-order valence-corrected chi connectivity index (χ2v) is 5.50. The van der Waals surface area contributed by atoms with Gasteiger partial charge in [0.1, 0.15) is 0 Å². The van der Waals surface area contributed by atoms with Gasteiger partial charge in [-0.1, -0.05) is 29.8 Å². The molecule has 6 nitrogen and oxygen atoms in total. The number of hydrogen-bond acceptors (Lipinski definition) is 6. The lowest BCUT2D eigenvalue weighted by Gasteiger charge is -2.25. The van der Waals surface area contributed by atoms with Crippen LogP contribution in [0.2, 0.25) is 0 Å². The Morgan fingerprint density at radius 3 is 2.17 bits per heavy atom. The van der Waals surface area contributed by atoms with Gasteiger partial charge >= 0.3 is 11.9 Å². The SMILES string of the molecule is COC(=O)C1(C(=O)OC)CC(c2ccc(C)cc2)C(C#N)=C1N. The van der Waals surface area contributed by atoms with E-state index in [0.717, 1.165) is 11.1 Å². The van der Waals surface area contributed by atoms with E-state index in [1.54, 1.807) is 0 Å². The van der Waals surface area contributed by atoms with Crippen molar-refractivity contribution >= 4 is 11.9 Å². The third-order valence-corrected chi connectivity index (χ3v) is 4.28. The summed E-state index contributed by atoms with van der Waals surface area (Å²) >= 11 is 0. The standard InChI is InChI=1S/C17H18N2O4/c1-10-4-6-11(7-5-10)12-8-17(15(20)22-2,16(21)23-3)14(19)13(12)9-18/h4-7,12H,8,19H2,1-3H3. The summed E-state index contributed by atoms with van der Waals surface area (Å²) in [6.45, 7) is 1.95. The molecule has 0 radical (unpaired) electrons. The number of nitrogens with zero attached hydrogens (tertiary/aromatic N) is 1. The zero-order chi connectivity index (χ0) is 17.2. The van der Waals surface area contributed by atoms with Crippen molar-refractivity contribution in [2.45, 2.75) is 19.3 Å². The first-order valence-corrected chi connectivity index (χ1v) is 7.06. The number of ether oxygens (including phenoxy) is 2. The van der Waals surface area contributed by atoms with E-state index in [2.05, 4.69) is 0 Å². The number of nitrogens with two attached hydrogens (primary N) is 1. The van der Waals surface area contributed by atoms with Crippen LogP contribution in [0.15, 0.2) is 35.5 Å². The maximum absolute atomic E-state index is 12.3. The molecule has 23 heavy (non-hydrogen) atoms. The molecule has 2 N–H and O–H groups in total. The lowest BCUT2D eigenvalue weighted by atomic mass is 9.81. The van der Waals surface area contributed by atoms with Crippen molar-refractivity contribution in [3.05, 3.63) is 46.7 Å². The number of benzene rings is 1. The highest BCUT2D eigenvalue weighted by atomic mass is 16.5. The maximum atomic E-state index is 12.3. The molecule has 1 aliphatic carbocycles. The van der Waals surface area contributed by atoms with Crippen LogP contribution in [0.3, 0.4) is 0 Å². The van der Waals surface area contributed by atoms with Crippen molar-refractivity contribution < 1.29 is 19.1 Å². The van der Waals surface area contributed by atoms with Crippen LogP contribution in [-0.4, -0.2) is 26.2 Å². The van der Waals surface area contributed by atoms with Gasteiger partial charge in [-0.25, -0.2) is 0 Å². The molecular weight excluding hydrogens is 296 g/mol. The molecule has 0 spiro atoms. The number of nitriles is 1. The van der Waals surface area contributed by atoms with Crippen LogP contribution < -0.4 is 5.73 Å². The van der Waals surface area contributed by atoms with Crippen molar-refractivity contribution in [2.75, 3.05) is 14.2 Å². The van der Waals surface area contributed by atoms with Crippen LogP contribution in [0.25, 0.3) is 0 Å². The summed E-state index contributed by atoms with van der Waals surface area (Å²) in [5.74, 6) is -2.09. The lowest BCUT2D eigenvalue weighted by Crippen LogP contribution is -2.43. The third-order valence-electron chi connectivity index (χ3n) is 4.28. The number of esters is 2. The zero-order valence-corrected chi connectivity index (χ0v) is 13.3. The fourth-order valence-electron chi connectivity index (χ4n) is 2.98. The van der Waals surface area contributed by atoms with Gasteiger partial charge in [0.05, 0.1) is 31.6 Å². The van der Waals surface area contributed by atoms with Gasteiger partial charge in [0.25, 0.3) is 0 Å². The van der Waals surface area contributed by atoms with Gasteiger partial charge < -0.3 is 15.2 Å². The average molecular weight is 314 g/mol. The molecule has 0 saturated carbocycles. The Morgan fingerprint density at radius 1 is 1.22 bits per heavy atom. The summed E-state index contributed by atoms with van der Waals surface area (Å²) in [5.41, 5.74) is 6.24. The molecule has 0 saturated heterocycles. The smallest absolute Gasteiger partial charge is 0.329 e. The van der Waals surface area contributed by atoms with E-state index in [9.17, 15) is 14.9 Å². The molecule has 0 amide bonds. The topological polar surface area (TPSA) is 102 Å². The van der Waals surface area contributed by atoms with Gasteiger partial charge in [0.2, 0.25) is 5.41 Å². The van der Waals surface area contributed by atoms with Crippen molar-refractivity contribution in [2.24, 2.45) is 11.1 Å². The number of aryl methyl sites for hydroxylation is 1. The largest absolute Gasteiger partial charge is 0.468 e. The first kappa shape index (κ1) is 16.6. The lowest BCUT2D eigenvalue weighted by molar-refractivity contribution is -0.166. The first-order valence-electron chi connectivity index (χ1n) is 7.06. The quantitative estimate of drug-likeness (QED) is 0.671. The minimum absolute atomic E-state index is 0.0180. The van der Waals surface area contributed by atoms with Gasteiger partial charge in [-0.05, 0) is 18.9 Å². The number of rotatable bonds is 3. The number of carbonyl (C=O) groups excluding carboxylic acids is 2. The molecule has 1 aromatic rings. The maximum Gasteiger partial charge on any atom is 0.329 e. The number of methoxy groups -OCH3 is 2. The Hall–Kier alpha value is -2.81. The van der Waals surface area contributed by atoms with Crippen LogP contribution in [-0.2, 0) is 19.1 Å². The van der Waals surface area contributed by atoms with Crippen molar-refractivity contribution in [1.82, 2.24) is 0 Å². The monoisotopic (exact) mass is 314 g/mol. The van der Waals surface area contributed by atoms with Crippen molar-refractivity contribution in [1.29, 1.82) is 5.26 Å². The summed E-state index contributed by atoms with van der Waals surface area (Å²) in [7, 11) is 2.34. The molecule has 1 aromatic carbocycles. The highest BCUT2D eigenvalue weighted by molar-refractivity contribution is 6.04. The summed E-state index contributed by atoms with van der Waals surface area (Å²) in [4.78, 5) is 24.6. The average Bonchev–Trinajstić information content (AvgIpc) is 2.87. The molecule has 1 unspecified atom stereocenters. The molecular formula is C17H18N2O4. The van der Waals surface area contributed by atoms with Gasteiger partial charge in [0.15, 0.2) is 0 Å². The van der Waals surface area contributed by atoms with E-state index in [0.29, 0.717) is 0 Å². The van der Waals surface area contributed by atoms with Crippen LogP contribution in [0.4, 0.5) is 0 Å². The van der Waals surface area contributed by atoms with E-state index in [1.165, 1.54) is 14.2 Å². The Morgan fingerprint density at radius 2 is 1.74 bits per heavy atom. The Kier molecular flexibility index (Phi) is 4.41. The molecule has 6 heteroatoms. The molecule has 0 aliphatic heterocycles. The third kappa shape index (κ3) is 2.44. The van der Waals surface area contributed by atoms with Crippen LogP contribution in [0.1, 0.15) is 23.5 Å². The molecule has 1 aliphatic rings. The fraction of sp³-hybridized carbons (Fsp3) is 0.353. The van der Waals surface area contributed by atoms with E-state index >= 15 is 0 Å². The zero-order valence-electron chi connectivity index (χ0n) is 13.3. The van der Waals surface area contributed by atoms with Crippen LogP contribution in [0, 0.1) is 23.7 Å². The number of allylic oxidation sites excluding steroid dienone is 1. The molecule has 0 fully saturated rings. The summed E-state index contributed by atoms with van der Waals surface area (Å²) in [6.07, 6.45) is 0.0180. The van der Waals surface area contributed by atoms with Crippen molar-refractivity contribution in [3.63, 3.8) is 0 Å². The molecule has 1 atom stereocenters. The predicted octanol–water partition coefficient (Wildman–Crippen LogP) is 1.55. The second-order valence-electron chi connectivity index (χ2n) is 5.50. The molecule has 2 rings (SSSR count). The Labute approximate surface area is 134 Å². The van der Waals surface area contributed by atoms with Crippen molar-refractivity contribution in [3.8, 4) is 6.07 Å². The molecule has 0 bridgehead atoms.